The first-order valence-corrected chi connectivity index (χ1v) is 14.7. The topological polar surface area (TPSA) is 67.8 Å². The number of hydrogen-bond acceptors (Lipinski definition) is 4. The van der Waals surface area contributed by atoms with E-state index in [-0.39, 0.29) is 40.6 Å². The van der Waals surface area contributed by atoms with Crippen LogP contribution in [-0.2, 0) is 16.0 Å². The molecule has 4 bridgehead atoms. The fourth-order valence-electron chi connectivity index (χ4n) is 10.00. The Morgan fingerprint density at radius 2 is 1.87 bits per heavy atom. The third-order valence-corrected chi connectivity index (χ3v) is 11.1. The van der Waals surface area contributed by atoms with Gasteiger partial charge in [0, 0.05) is 36.0 Å². The van der Waals surface area contributed by atoms with Crippen molar-refractivity contribution in [3.63, 3.8) is 0 Å². The van der Waals surface area contributed by atoms with Crippen molar-refractivity contribution in [3.8, 4) is 5.75 Å². The maximum Gasteiger partial charge on any atom is 0.227 e. The van der Waals surface area contributed by atoms with Crippen molar-refractivity contribution in [1.29, 1.82) is 0 Å². The lowest BCUT2D eigenvalue weighted by molar-refractivity contribution is -0.126. The van der Waals surface area contributed by atoms with Crippen molar-refractivity contribution < 1.29 is 19.4 Å². The average molecular weight is 520 g/mol. The maximum absolute atomic E-state index is 12.8. The fraction of sp³-hybridized carbons (Fsp3) is 0.667. The van der Waals surface area contributed by atoms with Crippen LogP contribution in [0, 0.1) is 52.3 Å². The van der Waals surface area contributed by atoms with E-state index in [1.165, 1.54) is 18.4 Å². The fourth-order valence-corrected chi connectivity index (χ4v) is 10.00. The highest BCUT2D eigenvalue weighted by molar-refractivity contribution is 5.82. The molecule has 5 heteroatoms. The lowest BCUT2D eigenvalue weighted by atomic mass is 9.54. The summed E-state index contributed by atoms with van der Waals surface area (Å²) in [5, 5.41) is 14.0. The predicted molar refractivity (Wildman–Crippen MR) is 148 cm³/mol. The van der Waals surface area contributed by atoms with Gasteiger partial charge in [0.1, 0.15) is 17.6 Å². The molecule has 1 saturated heterocycles. The van der Waals surface area contributed by atoms with Gasteiger partial charge in [-0.3, -0.25) is 4.79 Å². The van der Waals surface area contributed by atoms with E-state index in [0.717, 1.165) is 11.3 Å². The van der Waals surface area contributed by atoms with Crippen LogP contribution in [0.3, 0.4) is 0 Å². The molecule has 38 heavy (non-hydrogen) atoms. The van der Waals surface area contributed by atoms with Gasteiger partial charge in [0.2, 0.25) is 5.91 Å². The van der Waals surface area contributed by atoms with E-state index in [4.69, 9.17) is 9.47 Å². The molecule has 3 fully saturated rings. The monoisotopic (exact) mass is 519 g/mol. The molecule has 0 radical (unpaired) electrons. The summed E-state index contributed by atoms with van der Waals surface area (Å²) in [4.78, 5) is 12.8. The van der Waals surface area contributed by atoms with Gasteiger partial charge in [-0.15, -0.1) is 6.58 Å². The Balaban J connectivity index is 1.47. The molecule has 2 saturated carbocycles. The van der Waals surface area contributed by atoms with Crippen LogP contribution in [0.15, 0.2) is 48.6 Å². The summed E-state index contributed by atoms with van der Waals surface area (Å²) in [5.41, 5.74) is 1.12. The third-order valence-electron chi connectivity index (χ3n) is 11.1. The minimum Gasteiger partial charge on any atom is -0.490 e. The van der Waals surface area contributed by atoms with Crippen molar-refractivity contribution in [2.45, 2.75) is 72.1 Å². The van der Waals surface area contributed by atoms with Crippen LogP contribution in [0.4, 0.5) is 0 Å². The molecule has 2 N–H and O–H groups in total. The van der Waals surface area contributed by atoms with Gasteiger partial charge in [-0.05, 0) is 60.6 Å². The van der Waals surface area contributed by atoms with Crippen LogP contribution in [0.5, 0.6) is 5.75 Å². The highest BCUT2D eigenvalue weighted by Gasteiger charge is 2.66. The minimum absolute atomic E-state index is 0.0731. The lowest BCUT2D eigenvalue weighted by Gasteiger charge is -2.50. The van der Waals surface area contributed by atoms with Crippen LogP contribution < -0.4 is 10.1 Å². The molecule has 1 aromatic rings. The zero-order valence-corrected chi connectivity index (χ0v) is 23.7. The van der Waals surface area contributed by atoms with Crippen LogP contribution in [0.1, 0.15) is 59.4 Å². The van der Waals surface area contributed by atoms with E-state index < -0.39 is 5.72 Å². The number of hydrogen-bond donors (Lipinski definition) is 2. The van der Waals surface area contributed by atoms with Crippen LogP contribution >= 0.6 is 0 Å². The van der Waals surface area contributed by atoms with Crippen molar-refractivity contribution >= 4 is 5.91 Å². The summed E-state index contributed by atoms with van der Waals surface area (Å²) in [6.07, 6.45) is 7.80. The van der Waals surface area contributed by atoms with E-state index in [9.17, 15) is 9.90 Å². The molecule has 5 nitrogen and oxygen atoms in total. The van der Waals surface area contributed by atoms with Gasteiger partial charge < -0.3 is 19.9 Å². The Morgan fingerprint density at radius 1 is 1.13 bits per heavy atom. The Labute approximate surface area is 228 Å². The quantitative estimate of drug-likeness (QED) is 0.479. The van der Waals surface area contributed by atoms with Gasteiger partial charge in [0.05, 0.1) is 19.1 Å². The molecule has 3 aliphatic heterocycles. The molecule has 0 spiro atoms. The van der Waals surface area contributed by atoms with Gasteiger partial charge in [0.15, 0.2) is 0 Å². The van der Waals surface area contributed by atoms with Gasteiger partial charge in [-0.2, -0.15) is 0 Å². The average Bonchev–Trinajstić information content (AvgIpc) is 3.26. The Bertz CT molecular complexity index is 1140. The number of rotatable bonds is 1. The second-order valence-corrected chi connectivity index (χ2v) is 14.0. The molecule has 7 rings (SSSR count). The largest absolute Gasteiger partial charge is 0.490 e. The summed E-state index contributed by atoms with van der Waals surface area (Å²) < 4.78 is 13.5. The molecular formula is C33H45NO4. The first kappa shape index (κ1) is 26.1. The number of amides is 1. The molecule has 1 aromatic carbocycles. The van der Waals surface area contributed by atoms with Gasteiger partial charge in [0.25, 0.3) is 0 Å². The maximum atomic E-state index is 12.8. The highest BCUT2D eigenvalue weighted by Crippen LogP contribution is 2.68. The van der Waals surface area contributed by atoms with E-state index in [1.807, 2.05) is 12.1 Å². The Morgan fingerprint density at radius 3 is 2.58 bits per heavy atom. The number of carbonyl (C=O) groups excluding carboxylic acids is 1. The number of carbonyl (C=O) groups is 1. The van der Waals surface area contributed by atoms with Crippen LogP contribution in [-0.4, -0.2) is 36.1 Å². The smallest absolute Gasteiger partial charge is 0.227 e. The van der Waals surface area contributed by atoms with Crippen molar-refractivity contribution in [2.24, 2.45) is 52.3 Å². The minimum atomic E-state index is -1.24. The first-order chi connectivity index (χ1) is 18.0. The summed E-state index contributed by atoms with van der Waals surface area (Å²) in [6.45, 7) is 17.1. The van der Waals surface area contributed by atoms with Gasteiger partial charge in [-0.1, -0.05) is 57.6 Å². The van der Waals surface area contributed by atoms with E-state index >= 15 is 0 Å². The first-order valence-electron chi connectivity index (χ1n) is 14.7. The van der Waals surface area contributed by atoms with E-state index in [2.05, 4.69) is 70.8 Å². The molecule has 11 atom stereocenters. The summed E-state index contributed by atoms with van der Waals surface area (Å²) in [5.74, 6) is 2.99. The number of allylic oxidation sites excluding steroid dienone is 3. The second-order valence-electron chi connectivity index (χ2n) is 14.0. The van der Waals surface area contributed by atoms with Crippen molar-refractivity contribution in [1.82, 2.24) is 5.32 Å². The molecule has 1 unspecified atom stereocenters. The number of fused-ring (bicyclic) bond motifs is 6. The lowest BCUT2D eigenvalue weighted by Crippen LogP contribution is -2.46. The summed E-state index contributed by atoms with van der Waals surface area (Å²) in [7, 11) is 0. The highest BCUT2D eigenvalue weighted by atomic mass is 16.5. The molecule has 3 aliphatic carbocycles. The molecule has 3 heterocycles. The predicted octanol–water partition coefficient (Wildman–Crippen LogP) is 5.53. The number of aliphatic hydroxyl groups is 1. The summed E-state index contributed by atoms with van der Waals surface area (Å²) in [6, 6.07) is 8.19. The van der Waals surface area contributed by atoms with Crippen LogP contribution in [0.25, 0.3) is 0 Å². The molecular weight excluding hydrogens is 474 g/mol. The number of ether oxygens (including phenoxy) is 2. The van der Waals surface area contributed by atoms with Gasteiger partial charge >= 0.3 is 0 Å². The molecule has 206 valence electrons. The van der Waals surface area contributed by atoms with Crippen LogP contribution in [0.2, 0.25) is 0 Å². The van der Waals surface area contributed by atoms with E-state index in [1.54, 1.807) is 0 Å². The normalized spacial score (nSPS) is 48.1. The van der Waals surface area contributed by atoms with E-state index in [0.29, 0.717) is 49.7 Å². The van der Waals surface area contributed by atoms with Gasteiger partial charge in [-0.25, -0.2) is 0 Å². The third kappa shape index (κ3) is 3.99. The number of nitrogens with one attached hydrogen (secondary N) is 1. The summed E-state index contributed by atoms with van der Waals surface area (Å²) >= 11 is 0. The zero-order chi connectivity index (χ0) is 27.0. The van der Waals surface area contributed by atoms with Crippen molar-refractivity contribution in [3.05, 3.63) is 54.1 Å². The Kier molecular flexibility index (Phi) is 6.16. The van der Waals surface area contributed by atoms with Crippen molar-refractivity contribution in [2.75, 3.05) is 13.2 Å². The zero-order valence-electron chi connectivity index (χ0n) is 23.7. The SMILES string of the molecule is C=C[C@@]1(C)C=C(C)[C@@H]2[C@H]3C1COC[C@@H]1C[C@](O)(Cc4ccc(cc4)O[C@@H]3[C@@H]3[C@@H](C)C[C@@H](C)C[C@]32C)NC1=O. The molecule has 6 aliphatic rings. The second kappa shape index (κ2) is 8.96. The molecule has 0 aromatic heterocycles. The number of benzene rings is 1. The molecule has 1 amide bonds. The Hall–Kier alpha value is -2.11. The standard InChI is InChI=1S/C33H45NO4/c1-7-31(5)14-21(4)27-26-25(31)18-37-17-23-16-33(36,34-30(23)35)15-22-8-10-24(11-9-22)38-29(26)28-20(3)12-19(2)13-32(27,28)6/h7-11,14,19-20,23,25-29,36H,1,12-13,15-18H2,2-6H3,(H,34,35)/t19-,20+,23+,25?,26-,27-,28+,29+,31+,32+,33-/m1/s1.